The molecule has 0 bridgehead atoms. The van der Waals surface area contributed by atoms with Gasteiger partial charge in [-0.25, -0.2) is 0 Å². The van der Waals surface area contributed by atoms with E-state index in [0.29, 0.717) is 0 Å². The van der Waals surface area contributed by atoms with Crippen LogP contribution in [0, 0.1) is 11.3 Å². The van der Waals surface area contributed by atoms with Gasteiger partial charge in [-0.05, 0) is 17.2 Å². The highest BCUT2D eigenvalue weighted by molar-refractivity contribution is 5.58. The molecule has 80 valence electrons. The van der Waals surface area contributed by atoms with E-state index in [4.69, 9.17) is 5.26 Å². The standard InChI is InChI=1S/C12H12.C3H3N/c1-3-11(4-2)10-12-8-6-5-7-9-12;1-2-3-4/h3-10H,1-2H2;2H,1H2. The molecule has 0 heterocycles. The molecule has 1 aromatic carbocycles. The first-order chi connectivity index (χ1) is 7.78. The Morgan fingerprint density at radius 1 is 1.06 bits per heavy atom. The average Bonchev–Trinajstić information content (AvgIpc) is 2.37. The predicted octanol–water partition coefficient (Wildman–Crippen LogP) is 4.14. The Hall–Kier alpha value is -2.33. The summed E-state index contributed by atoms with van der Waals surface area (Å²) in [5.74, 6) is 0. The van der Waals surface area contributed by atoms with Gasteiger partial charge in [-0.1, -0.05) is 62.2 Å². The van der Waals surface area contributed by atoms with Crippen molar-refractivity contribution < 1.29 is 0 Å². The maximum atomic E-state index is 7.51. The summed E-state index contributed by atoms with van der Waals surface area (Å²) in [6, 6.07) is 11.8. The molecule has 1 heteroatoms. The van der Waals surface area contributed by atoms with E-state index in [0.717, 1.165) is 5.57 Å². The number of benzene rings is 1. The van der Waals surface area contributed by atoms with Crippen molar-refractivity contribution in [3.8, 4) is 6.07 Å². The van der Waals surface area contributed by atoms with Crippen LogP contribution >= 0.6 is 0 Å². The molecule has 0 atom stereocenters. The fourth-order valence-corrected chi connectivity index (χ4v) is 0.943. The lowest BCUT2D eigenvalue weighted by molar-refractivity contribution is 1.54. The topological polar surface area (TPSA) is 23.8 Å². The number of rotatable bonds is 3. The number of nitriles is 1. The predicted molar refractivity (Wildman–Crippen MR) is 70.6 cm³/mol. The molecule has 0 aliphatic rings. The van der Waals surface area contributed by atoms with Crippen molar-refractivity contribution in [2.24, 2.45) is 0 Å². The van der Waals surface area contributed by atoms with Crippen molar-refractivity contribution in [2.45, 2.75) is 0 Å². The van der Waals surface area contributed by atoms with Crippen LogP contribution in [-0.4, -0.2) is 0 Å². The van der Waals surface area contributed by atoms with Gasteiger partial charge in [-0.2, -0.15) is 5.26 Å². The lowest BCUT2D eigenvalue weighted by Crippen LogP contribution is -1.72. The van der Waals surface area contributed by atoms with Crippen molar-refractivity contribution in [1.82, 2.24) is 0 Å². The fraction of sp³-hybridized carbons (Fsp3) is 0. The number of allylic oxidation sites excluding steroid dienone is 4. The molecule has 0 fully saturated rings. The molecule has 16 heavy (non-hydrogen) atoms. The quantitative estimate of drug-likeness (QED) is 0.542. The van der Waals surface area contributed by atoms with Crippen LogP contribution in [-0.2, 0) is 0 Å². The summed E-state index contributed by atoms with van der Waals surface area (Å²) < 4.78 is 0. The minimum Gasteiger partial charge on any atom is -0.193 e. The molecule has 0 N–H and O–H groups in total. The summed E-state index contributed by atoms with van der Waals surface area (Å²) >= 11 is 0. The number of hydrogen-bond donors (Lipinski definition) is 0. The van der Waals surface area contributed by atoms with Crippen LogP contribution in [0.5, 0.6) is 0 Å². The molecule has 0 saturated heterocycles. The van der Waals surface area contributed by atoms with E-state index in [-0.39, 0.29) is 0 Å². The van der Waals surface area contributed by atoms with Crippen LogP contribution in [0.4, 0.5) is 0 Å². The minimum absolute atomic E-state index is 1.04. The van der Waals surface area contributed by atoms with Gasteiger partial charge in [-0.3, -0.25) is 0 Å². The van der Waals surface area contributed by atoms with Crippen molar-refractivity contribution in [3.05, 3.63) is 79.4 Å². The summed E-state index contributed by atoms with van der Waals surface area (Å²) in [5, 5.41) is 7.51. The molecule has 0 radical (unpaired) electrons. The zero-order chi connectivity index (χ0) is 12.2. The molecular weight excluding hydrogens is 194 g/mol. The van der Waals surface area contributed by atoms with Crippen molar-refractivity contribution in [3.63, 3.8) is 0 Å². The molecule has 0 spiro atoms. The third kappa shape index (κ3) is 6.17. The second-order valence-corrected chi connectivity index (χ2v) is 2.80. The maximum Gasteiger partial charge on any atom is 0.0905 e. The highest BCUT2D eigenvalue weighted by atomic mass is 14.2. The van der Waals surface area contributed by atoms with Gasteiger partial charge < -0.3 is 0 Å². The monoisotopic (exact) mass is 209 g/mol. The van der Waals surface area contributed by atoms with Crippen LogP contribution in [0.3, 0.4) is 0 Å². The van der Waals surface area contributed by atoms with Gasteiger partial charge in [-0.15, -0.1) is 0 Å². The van der Waals surface area contributed by atoms with E-state index in [1.807, 2.05) is 36.4 Å². The minimum atomic E-state index is 1.04. The molecule has 0 aliphatic heterocycles. The summed E-state index contributed by atoms with van der Waals surface area (Å²) in [7, 11) is 0. The van der Waals surface area contributed by atoms with E-state index in [1.165, 1.54) is 11.6 Å². The van der Waals surface area contributed by atoms with E-state index < -0.39 is 0 Å². The first kappa shape index (κ1) is 13.7. The Bertz CT molecular complexity index is 395. The van der Waals surface area contributed by atoms with E-state index in [1.54, 1.807) is 18.2 Å². The van der Waals surface area contributed by atoms with Gasteiger partial charge in [0, 0.05) is 6.08 Å². The molecular formula is C15H15N. The number of hydrogen-bond acceptors (Lipinski definition) is 1. The second kappa shape index (κ2) is 9.23. The molecule has 1 rings (SSSR count). The summed E-state index contributed by atoms with van der Waals surface area (Å²) in [6.45, 7) is 10.5. The zero-order valence-corrected chi connectivity index (χ0v) is 9.26. The van der Waals surface area contributed by atoms with Crippen molar-refractivity contribution in [1.29, 1.82) is 5.26 Å². The maximum absolute atomic E-state index is 7.51. The Labute approximate surface area is 97.4 Å². The van der Waals surface area contributed by atoms with Crippen molar-refractivity contribution >= 4 is 6.08 Å². The highest BCUT2D eigenvalue weighted by Gasteiger charge is 1.85. The Balaban J connectivity index is 0.000000487. The third-order valence-electron chi connectivity index (χ3n) is 1.70. The van der Waals surface area contributed by atoms with E-state index in [2.05, 4.69) is 19.7 Å². The fourth-order valence-electron chi connectivity index (χ4n) is 0.943. The zero-order valence-electron chi connectivity index (χ0n) is 9.26. The van der Waals surface area contributed by atoms with Crippen LogP contribution in [0.25, 0.3) is 6.08 Å². The van der Waals surface area contributed by atoms with Crippen LogP contribution in [0.15, 0.2) is 73.9 Å². The molecule has 0 aromatic heterocycles. The Morgan fingerprint density at radius 2 is 1.56 bits per heavy atom. The largest absolute Gasteiger partial charge is 0.193 e. The van der Waals surface area contributed by atoms with Crippen LogP contribution in [0.2, 0.25) is 0 Å². The summed E-state index contributed by atoms with van der Waals surface area (Å²) in [6.07, 6.45) is 6.81. The average molecular weight is 209 g/mol. The molecule has 0 unspecified atom stereocenters. The van der Waals surface area contributed by atoms with Crippen LogP contribution in [0.1, 0.15) is 5.56 Å². The van der Waals surface area contributed by atoms with Gasteiger partial charge in [0.1, 0.15) is 0 Å². The van der Waals surface area contributed by atoms with Gasteiger partial charge in [0.05, 0.1) is 6.07 Å². The first-order valence-corrected chi connectivity index (χ1v) is 4.80. The lowest BCUT2D eigenvalue weighted by atomic mass is 10.1. The number of nitrogens with zero attached hydrogens (tertiary/aromatic N) is 1. The lowest BCUT2D eigenvalue weighted by Gasteiger charge is -1.93. The van der Waals surface area contributed by atoms with Gasteiger partial charge >= 0.3 is 0 Å². The first-order valence-electron chi connectivity index (χ1n) is 4.80. The molecule has 0 amide bonds. The normalized spacial score (nSPS) is 7.44. The van der Waals surface area contributed by atoms with Gasteiger partial charge in [0.15, 0.2) is 0 Å². The van der Waals surface area contributed by atoms with Crippen LogP contribution < -0.4 is 0 Å². The molecule has 1 nitrogen and oxygen atoms in total. The molecule has 0 aliphatic carbocycles. The smallest absolute Gasteiger partial charge is 0.0905 e. The van der Waals surface area contributed by atoms with E-state index in [9.17, 15) is 0 Å². The Morgan fingerprint density at radius 3 is 1.94 bits per heavy atom. The molecule has 1 aromatic rings. The Kier molecular flexibility index (Phi) is 7.89. The summed E-state index contributed by atoms with van der Waals surface area (Å²) in [5.41, 5.74) is 2.22. The third-order valence-corrected chi connectivity index (χ3v) is 1.70. The molecule has 0 saturated carbocycles. The highest BCUT2D eigenvalue weighted by Crippen LogP contribution is 2.07. The van der Waals surface area contributed by atoms with E-state index >= 15 is 0 Å². The van der Waals surface area contributed by atoms with Gasteiger partial charge in [0.2, 0.25) is 0 Å². The van der Waals surface area contributed by atoms with Gasteiger partial charge in [0.25, 0.3) is 0 Å². The second-order valence-electron chi connectivity index (χ2n) is 2.80. The SMILES string of the molecule is C=CC#N.C=CC(C=C)=Cc1ccccc1. The summed E-state index contributed by atoms with van der Waals surface area (Å²) in [4.78, 5) is 0. The van der Waals surface area contributed by atoms with Crippen molar-refractivity contribution in [2.75, 3.05) is 0 Å².